The van der Waals surface area contributed by atoms with Crippen LogP contribution in [0.15, 0.2) is 126 Å². The number of rotatable bonds is 3. The van der Waals surface area contributed by atoms with Crippen molar-refractivity contribution in [3.8, 4) is 22.5 Å². The molecule has 5 aromatic carbocycles. The molecule has 4 aromatic heterocycles. The molecule has 0 atom stereocenters. The fraction of sp³-hybridized carbons (Fsp3) is 0.0952. The maximum absolute atomic E-state index is 8.44. The quantitative estimate of drug-likeness (QED) is 0.167. The number of benzene rings is 5. The number of aromatic nitrogens is 2. The van der Waals surface area contributed by atoms with Gasteiger partial charge in [-0.15, -0.1) is 59.7 Å². The van der Waals surface area contributed by atoms with Crippen LogP contribution in [0.5, 0.6) is 0 Å². The van der Waals surface area contributed by atoms with Crippen molar-refractivity contribution in [2.24, 2.45) is 0 Å². The third kappa shape index (κ3) is 5.65. The summed E-state index contributed by atoms with van der Waals surface area (Å²) in [7, 11) is 0. The number of nitrogens with zero attached hydrogens (tertiary/aromatic N) is 2. The van der Waals surface area contributed by atoms with Gasteiger partial charge in [0.15, 0.2) is 0 Å². The SMILES string of the molecule is [2H]C(C)(C)c1ccnc(-c2[c-]ccc3c2sc2c3ccc3c2ccc2c4ccccc4oc23)c1.[2H]C([2H])([2H])c1ccc(-c2[c-]cccc2)nc1.[Ir]. The summed E-state index contributed by atoms with van der Waals surface area (Å²) in [6.07, 6.45) is 3.19. The monoisotopic (exact) mass is 807 g/mol. The predicted octanol–water partition coefficient (Wildman–Crippen LogP) is 11.9. The summed E-state index contributed by atoms with van der Waals surface area (Å²) < 4.78 is 38.8. The van der Waals surface area contributed by atoms with E-state index >= 15 is 0 Å². The number of fused-ring (bicyclic) bond motifs is 9. The van der Waals surface area contributed by atoms with E-state index in [1.807, 2.05) is 62.4 Å². The van der Waals surface area contributed by atoms with Gasteiger partial charge in [-0.3, -0.25) is 0 Å². The van der Waals surface area contributed by atoms with Gasteiger partial charge in [-0.05, 0) is 64.0 Å². The van der Waals surface area contributed by atoms with Crippen molar-refractivity contribution in [2.45, 2.75) is 26.6 Å². The molecule has 0 saturated carbocycles. The van der Waals surface area contributed by atoms with Crippen molar-refractivity contribution >= 4 is 64.2 Å². The molecule has 0 bridgehead atoms. The first-order valence-corrected chi connectivity index (χ1v) is 15.9. The molecule has 0 aliphatic carbocycles. The topological polar surface area (TPSA) is 38.9 Å². The molecule has 9 aromatic rings. The number of furan rings is 1. The smallest absolute Gasteiger partial charge is 0.143 e. The van der Waals surface area contributed by atoms with Gasteiger partial charge in [0.25, 0.3) is 0 Å². The van der Waals surface area contributed by atoms with Gasteiger partial charge in [0.2, 0.25) is 0 Å². The summed E-state index contributed by atoms with van der Waals surface area (Å²) in [6, 6.07) is 42.3. The van der Waals surface area contributed by atoms with E-state index in [2.05, 4.69) is 64.6 Å². The fourth-order valence-corrected chi connectivity index (χ4v) is 7.29. The maximum Gasteiger partial charge on any atom is 0.143 e. The Bertz CT molecular complexity index is 2680. The molecule has 0 amide bonds. The van der Waals surface area contributed by atoms with Crippen LogP contribution in [0.4, 0.5) is 0 Å². The molecule has 0 spiro atoms. The molecule has 0 aliphatic rings. The normalized spacial score (nSPS) is 13.1. The summed E-state index contributed by atoms with van der Waals surface area (Å²) in [6.45, 7) is 1.72. The molecule has 0 saturated heterocycles. The molecular weight excluding hydrogens is 773 g/mol. The van der Waals surface area contributed by atoms with Gasteiger partial charge < -0.3 is 14.4 Å². The van der Waals surface area contributed by atoms with Crippen LogP contribution in [0.1, 0.15) is 36.4 Å². The number of hydrogen-bond donors (Lipinski definition) is 0. The Balaban J connectivity index is 0.000000202. The van der Waals surface area contributed by atoms with Gasteiger partial charge in [-0.25, -0.2) is 0 Å². The van der Waals surface area contributed by atoms with Gasteiger partial charge >= 0.3 is 0 Å². The van der Waals surface area contributed by atoms with E-state index in [0.29, 0.717) is 0 Å². The molecule has 1 radical (unpaired) electrons. The van der Waals surface area contributed by atoms with Crippen LogP contribution in [0.2, 0.25) is 0 Å². The molecule has 0 aliphatic heterocycles. The number of hydrogen-bond acceptors (Lipinski definition) is 4. The van der Waals surface area contributed by atoms with E-state index in [0.717, 1.165) is 55.4 Å². The first-order valence-electron chi connectivity index (χ1n) is 17.1. The second-order valence-corrected chi connectivity index (χ2v) is 12.4. The van der Waals surface area contributed by atoms with Crippen LogP contribution in [0, 0.1) is 19.0 Å². The van der Waals surface area contributed by atoms with E-state index in [-0.39, 0.29) is 25.7 Å². The number of thiophene rings is 1. The van der Waals surface area contributed by atoms with E-state index < -0.39 is 12.7 Å². The molecule has 0 N–H and O–H groups in total. The molecule has 9 rings (SSSR count). The average molecular weight is 807 g/mol. The minimum absolute atomic E-state index is 0. The maximum atomic E-state index is 8.44. The number of pyridine rings is 2. The standard InChI is InChI=1S/C30H20NOS.C12H10N.Ir/c1-17(2)18-14-15-31-26(16-18)25-8-5-7-22-24-13-11-21-23(29(24)33-30(22)25)12-10-20-19-6-3-4-9-27(19)32-28(20)21;1-10-7-8-12(13-9-10)11-5-3-2-4-6-11;/h3-7,9-17H,1-2H3;2-5,7-9H,1H3;/q2*-1;/i17D;1D3;. The molecule has 4 heterocycles. The van der Waals surface area contributed by atoms with Crippen molar-refractivity contribution in [2.75, 3.05) is 0 Å². The van der Waals surface area contributed by atoms with Crippen LogP contribution < -0.4 is 0 Å². The van der Waals surface area contributed by atoms with Crippen molar-refractivity contribution in [1.29, 1.82) is 0 Å². The third-order valence-corrected chi connectivity index (χ3v) is 9.55. The van der Waals surface area contributed by atoms with E-state index in [1.165, 1.54) is 31.8 Å². The predicted molar refractivity (Wildman–Crippen MR) is 194 cm³/mol. The van der Waals surface area contributed by atoms with E-state index in [4.69, 9.17) is 9.90 Å². The van der Waals surface area contributed by atoms with Gasteiger partial charge in [0.05, 0.1) is 0 Å². The second kappa shape index (κ2) is 12.8. The largest absolute Gasteiger partial charge is 0.455 e. The van der Waals surface area contributed by atoms with Gasteiger partial charge in [-0.2, -0.15) is 11.3 Å². The van der Waals surface area contributed by atoms with Gasteiger partial charge in [-0.1, -0.05) is 73.3 Å². The van der Waals surface area contributed by atoms with Crippen molar-refractivity contribution < 1.29 is 30.0 Å². The Morgan fingerprint density at radius 1 is 0.723 bits per heavy atom. The summed E-state index contributed by atoms with van der Waals surface area (Å²) in [4.78, 5) is 8.77. The number of para-hydroxylation sites is 1. The molecule has 231 valence electrons. The summed E-state index contributed by atoms with van der Waals surface area (Å²) in [5.74, 6) is -0.681. The minimum atomic E-state index is -2.09. The van der Waals surface area contributed by atoms with E-state index in [1.54, 1.807) is 35.7 Å². The molecule has 5 heteroatoms. The summed E-state index contributed by atoms with van der Waals surface area (Å²) in [5.41, 5.74) is 6.50. The van der Waals surface area contributed by atoms with Crippen LogP contribution in [-0.4, -0.2) is 9.97 Å². The number of aryl methyl sites for hydroxylation is 1. The van der Waals surface area contributed by atoms with Crippen LogP contribution in [0.25, 0.3) is 75.4 Å². The minimum Gasteiger partial charge on any atom is -0.455 e. The Labute approximate surface area is 296 Å². The van der Waals surface area contributed by atoms with Crippen LogP contribution >= 0.6 is 11.3 Å². The van der Waals surface area contributed by atoms with Gasteiger partial charge in [0, 0.05) is 64.2 Å². The first kappa shape index (κ1) is 26.4. The molecule has 3 nitrogen and oxygen atoms in total. The zero-order valence-corrected chi connectivity index (χ0v) is 28.8. The van der Waals surface area contributed by atoms with Crippen molar-refractivity contribution in [1.82, 2.24) is 9.97 Å². The second-order valence-electron chi connectivity index (χ2n) is 11.4. The first-order chi connectivity index (χ1) is 24.1. The zero-order chi connectivity index (χ0) is 34.6. The fourth-order valence-electron chi connectivity index (χ4n) is 5.96. The Kier molecular flexibility index (Phi) is 7.22. The molecule has 0 fully saturated rings. The zero-order valence-electron chi connectivity index (χ0n) is 29.6. The summed E-state index contributed by atoms with van der Waals surface area (Å²) in [5, 5.41) is 7.07. The van der Waals surface area contributed by atoms with E-state index in [9.17, 15) is 0 Å². The van der Waals surface area contributed by atoms with Crippen LogP contribution in [0.3, 0.4) is 0 Å². The third-order valence-electron chi connectivity index (χ3n) is 8.28. The van der Waals surface area contributed by atoms with Gasteiger partial charge in [0.1, 0.15) is 11.2 Å². The molecule has 47 heavy (non-hydrogen) atoms. The Morgan fingerprint density at radius 2 is 1.49 bits per heavy atom. The average Bonchev–Trinajstić information content (AvgIpc) is 3.71. The summed E-state index contributed by atoms with van der Waals surface area (Å²) >= 11 is 1.78. The van der Waals surface area contributed by atoms with Crippen LogP contribution in [-0.2, 0) is 20.1 Å². The van der Waals surface area contributed by atoms with Crippen molar-refractivity contribution in [3.05, 3.63) is 145 Å². The Hall–Kier alpha value is -4.67. The molecule has 0 unspecified atom stereocenters. The molecular formula is C42H30IrN2OS-2. The Morgan fingerprint density at radius 3 is 2.26 bits per heavy atom. The van der Waals surface area contributed by atoms with Crippen molar-refractivity contribution in [3.63, 3.8) is 0 Å².